The topological polar surface area (TPSA) is 129 Å². The molecule has 1 aromatic rings. The molecular weight excluding hydrogens is 338 g/mol. The molecule has 8 nitrogen and oxygen atoms in total. The highest BCUT2D eigenvalue weighted by Crippen LogP contribution is 2.19. The van der Waals surface area contributed by atoms with Crippen LogP contribution in [0.3, 0.4) is 0 Å². The quantitative estimate of drug-likeness (QED) is 0.376. The number of carboxylic acid groups (broad SMARTS) is 1. The highest BCUT2D eigenvalue weighted by molar-refractivity contribution is 5.93. The highest BCUT2D eigenvalue weighted by Gasteiger charge is 2.19. The van der Waals surface area contributed by atoms with Gasteiger partial charge in [0.1, 0.15) is 6.04 Å². The minimum atomic E-state index is -1.29. The number of carbonyl (C=O) groups excluding carboxylic acids is 2. The summed E-state index contributed by atoms with van der Waals surface area (Å²) in [6, 6.07) is 4.52. The Morgan fingerprint density at radius 2 is 2.12 bits per heavy atom. The molecule has 140 valence electrons. The summed E-state index contributed by atoms with van der Waals surface area (Å²) in [6.07, 6.45) is 7.25. The number of amides is 1. The molecule has 0 aromatic heterocycles. The Labute approximate surface area is 151 Å². The Morgan fingerprint density at radius 1 is 1.31 bits per heavy atom. The number of nitrogens with one attached hydrogen (secondary N) is 1. The lowest BCUT2D eigenvalue weighted by molar-refractivity contribution is -0.682. The average Bonchev–Trinajstić information content (AvgIpc) is 2.61. The number of aliphatic carboxylic acids is 1. The van der Waals surface area contributed by atoms with E-state index in [1.54, 1.807) is 5.32 Å². The molecule has 26 heavy (non-hydrogen) atoms. The first-order valence-corrected chi connectivity index (χ1v) is 8.72. The van der Waals surface area contributed by atoms with E-state index in [9.17, 15) is 24.8 Å². The van der Waals surface area contributed by atoms with Gasteiger partial charge in [-0.25, -0.2) is 0 Å². The summed E-state index contributed by atoms with van der Waals surface area (Å²) in [6.45, 7) is 0.578. The van der Waals surface area contributed by atoms with E-state index in [1.807, 2.05) is 0 Å². The van der Waals surface area contributed by atoms with Gasteiger partial charge < -0.3 is 20.5 Å². The maximum atomic E-state index is 12.1. The van der Waals surface area contributed by atoms with E-state index in [-0.39, 0.29) is 17.8 Å². The summed E-state index contributed by atoms with van der Waals surface area (Å²) in [5.74, 6) is -1.82. The van der Waals surface area contributed by atoms with E-state index in [2.05, 4.69) is 11.4 Å². The third-order valence-electron chi connectivity index (χ3n) is 4.35. The highest BCUT2D eigenvalue weighted by atomic mass is 16.6. The summed E-state index contributed by atoms with van der Waals surface area (Å²) in [5.41, 5.74) is 1.45. The molecule has 0 saturated heterocycles. The van der Waals surface area contributed by atoms with Gasteiger partial charge in [-0.3, -0.25) is 14.9 Å². The first kappa shape index (κ1) is 19.6. The maximum Gasteiger partial charge on any atom is 0.271 e. The molecule has 0 fully saturated rings. The zero-order valence-electron chi connectivity index (χ0n) is 14.5. The van der Waals surface area contributed by atoms with Crippen LogP contribution in [-0.4, -0.2) is 29.4 Å². The van der Waals surface area contributed by atoms with Crippen LogP contribution in [0.15, 0.2) is 35.9 Å². The third-order valence-corrected chi connectivity index (χ3v) is 4.35. The van der Waals surface area contributed by atoms with Gasteiger partial charge in [-0.1, -0.05) is 17.7 Å². The second kappa shape index (κ2) is 9.67. The van der Waals surface area contributed by atoms with Crippen LogP contribution in [0.5, 0.6) is 0 Å². The third kappa shape index (κ3) is 6.29. The van der Waals surface area contributed by atoms with E-state index < -0.39 is 22.8 Å². The summed E-state index contributed by atoms with van der Waals surface area (Å²) in [5, 5.41) is 26.1. The molecule has 1 aromatic carbocycles. The van der Waals surface area contributed by atoms with E-state index in [4.69, 9.17) is 0 Å². The van der Waals surface area contributed by atoms with Crippen molar-refractivity contribution in [2.24, 2.45) is 0 Å². The van der Waals surface area contributed by atoms with Crippen molar-refractivity contribution in [1.29, 1.82) is 0 Å². The number of rotatable bonds is 9. The van der Waals surface area contributed by atoms with Crippen molar-refractivity contribution in [3.63, 3.8) is 0 Å². The van der Waals surface area contributed by atoms with Gasteiger partial charge in [-0.15, -0.1) is 0 Å². The molecule has 0 aliphatic heterocycles. The standard InChI is InChI=1S/C18H23N3O5/c22-17(20-14-7-4-8-15(11-14)21(25)26)12-16(18(23)24)19-10-9-13-5-2-1-3-6-13/h4-5,7-8,11,16,19H,1-3,6,9-10,12H2,(H,20,22)(H,23,24)/t16-/m1/s1. The number of quaternary nitrogens is 1. The molecule has 2 rings (SSSR count). The van der Waals surface area contributed by atoms with Crippen LogP contribution in [0, 0.1) is 10.1 Å². The van der Waals surface area contributed by atoms with Crippen molar-refractivity contribution < 1.29 is 24.9 Å². The fourth-order valence-corrected chi connectivity index (χ4v) is 2.97. The van der Waals surface area contributed by atoms with Crippen LogP contribution < -0.4 is 15.7 Å². The van der Waals surface area contributed by atoms with Crippen LogP contribution >= 0.6 is 0 Å². The van der Waals surface area contributed by atoms with E-state index in [0.29, 0.717) is 6.54 Å². The van der Waals surface area contributed by atoms with Crippen LogP contribution in [0.2, 0.25) is 0 Å². The fraction of sp³-hybridized carbons (Fsp3) is 0.444. The number of nitrogens with zero attached hydrogens (tertiary/aromatic N) is 1. The molecule has 0 spiro atoms. The number of non-ortho nitro benzene ring substituents is 1. The average molecular weight is 361 g/mol. The largest absolute Gasteiger partial charge is 0.544 e. The van der Waals surface area contributed by atoms with Crippen LogP contribution in [0.1, 0.15) is 38.5 Å². The summed E-state index contributed by atoms with van der Waals surface area (Å²) in [4.78, 5) is 33.5. The molecule has 0 radical (unpaired) electrons. The Morgan fingerprint density at radius 3 is 2.77 bits per heavy atom. The molecule has 3 N–H and O–H groups in total. The van der Waals surface area contributed by atoms with Crippen molar-refractivity contribution in [3.05, 3.63) is 46.0 Å². The molecule has 0 bridgehead atoms. The molecule has 0 saturated carbocycles. The number of allylic oxidation sites excluding steroid dienone is 1. The summed E-state index contributed by atoms with van der Waals surface area (Å²) >= 11 is 0. The van der Waals surface area contributed by atoms with Crippen molar-refractivity contribution >= 4 is 23.3 Å². The van der Waals surface area contributed by atoms with Crippen LogP contribution in [-0.2, 0) is 9.59 Å². The maximum absolute atomic E-state index is 12.1. The molecule has 1 aliphatic rings. The Balaban J connectivity index is 1.85. The Bertz CT molecular complexity index is 702. The molecule has 1 amide bonds. The molecule has 0 heterocycles. The fourth-order valence-electron chi connectivity index (χ4n) is 2.97. The lowest BCUT2D eigenvalue weighted by atomic mass is 9.97. The number of hydrogen-bond acceptors (Lipinski definition) is 5. The number of carbonyl (C=O) groups is 2. The van der Waals surface area contributed by atoms with Gasteiger partial charge in [-0.2, -0.15) is 0 Å². The second-order valence-electron chi connectivity index (χ2n) is 6.37. The molecule has 0 unspecified atom stereocenters. The van der Waals surface area contributed by atoms with Crippen molar-refractivity contribution in [1.82, 2.24) is 0 Å². The van der Waals surface area contributed by atoms with Gasteiger partial charge in [0.15, 0.2) is 0 Å². The summed E-state index contributed by atoms with van der Waals surface area (Å²) in [7, 11) is 0. The predicted molar refractivity (Wildman–Crippen MR) is 93.1 cm³/mol. The van der Waals surface area contributed by atoms with Crippen molar-refractivity contribution in [2.45, 2.75) is 44.6 Å². The Hall–Kier alpha value is -2.74. The zero-order chi connectivity index (χ0) is 18.9. The number of carboxylic acids is 1. The van der Waals surface area contributed by atoms with Gasteiger partial charge in [0.25, 0.3) is 5.69 Å². The molecule has 8 heteroatoms. The van der Waals surface area contributed by atoms with Crippen molar-refractivity contribution in [3.8, 4) is 0 Å². The van der Waals surface area contributed by atoms with E-state index in [1.165, 1.54) is 42.7 Å². The summed E-state index contributed by atoms with van der Waals surface area (Å²) < 4.78 is 0. The number of nitro groups is 1. The number of hydrogen-bond donors (Lipinski definition) is 2. The smallest absolute Gasteiger partial charge is 0.271 e. The number of anilines is 1. The van der Waals surface area contributed by atoms with Crippen LogP contribution in [0.4, 0.5) is 11.4 Å². The van der Waals surface area contributed by atoms with Gasteiger partial charge in [-0.05, 0) is 31.7 Å². The predicted octanol–water partition coefficient (Wildman–Crippen LogP) is 0.496. The zero-order valence-corrected chi connectivity index (χ0v) is 14.5. The number of nitro benzene ring substituents is 1. The normalized spacial score (nSPS) is 15.0. The molecule has 1 aliphatic carbocycles. The van der Waals surface area contributed by atoms with Gasteiger partial charge in [0.05, 0.1) is 23.9 Å². The minimum Gasteiger partial charge on any atom is -0.544 e. The number of nitrogens with two attached hydrogens (primary N) is 1. The Kier molecular flexibility index (Phi) is 7.28. The minimum absolute atomic E-state index is 0.147. The molecular formula is C18H23N3O5. The van der Waals surface area contributed by atoms with Gasteiger partial charge in [0, 0.05) is 24.2 Å². The first-order chi connectivity index (χ1) is 12.5. The lowest BCUT2D eigenvalue weighted by Crippen LogP contribution is -2.93. The SMILES string of the molecule is O=C(C[C@@H]([NH2+]CCC1=CCCCC1)C(=O)[O-])Nc1cccc([N+](=O)[O-])c1. The lowest BCUT2D eigenvalue weighted by Gasteiger charge is -2.18. The number of benzene rings is 1. The van der Waals surface area contributed by atoms with E-state index in [0.717, 1.165) is 19.3 Å². The second-order valence-corrected chi connectivity index (χ2v) is 6.37. The first-order valence-electron chi connectivity index (χ1n) is 8.72. The molecule has 1 atom stereocenters. The van der Waals surface area contributed by atoms with Gasteiger partial charge >= 0.3 is 0 Å². The van der Waals surface area contributed by atoms with Crippen LogP contribution in [0.25, 0.3) is 0 Å². The van der Waals surface area contributed by atoms with Crippen molar-refractivity contribution in [2.75, 3.05) is 11.9 Å². The van der Waals surface area contributed by atoms with E-state index >= 15 is 0 Å². The monoisotopic (exact) mass is 361 g/mol. The van der Waals surface area contributed by atoms with Gasteiger partial charge in [0.2, 0.25) is 5.91 Å².